The fourth-order valence-corrected chi connectivity index (χ4v) is 9.31. The summed E-state index contributed by atoms with van der Waals surface area (Å²) in [5.74, 6) is 0. The van der Waals surface area contributed by atoms with Crippen LogP contribution in [0.2, 0.25) is 12.1 Å². The summed E-state index contributed by atoms with van der Waals surface area (Å²) < 4.78 is 12.3. The second-order valence-corrected chi connectivity index (χ2v) is 16.4. The molecule has 0 radical (unpaired) electrons. The van der Waals surface area contributed by atoms with Gasteiger partial charge in [0.2, 0.25) is 0 Å². The lowest BCUT2D eigenvalue weighted by atomic mass is 9.73. The van der Waals surface area contributed by atoms with Gasteiger partial charge in [0.1, 0.15) is 0 Å². The summed E-state index contributed by atoms with van der Waals surface area (Å²) in [4.78, 5) is 8.15. The van der Waals surface area contributed by atoms with E-state index in [0.717, 1.165) is 12.1 Å². The van der Waals surface area contributed by atoms with Gasteiger partial charge in [0.05, 0.1) is 0 Å². The van der Waals surface area contributed by atoms with Gasteiger partial charge in [-0.15, -0.1) is 0 Å². The van der Waals surface area contributed by atoms with Crippen LogP contribution in [-0.2, 0) is 8.85 Å². The summed E-state index contributed by atoms with van der Waals surface area (Å²) in [7, 11) is 1.68. The third-order valence-electron chi connectivity index (χ3n) is 9.10. The molecule has 6 heteroatoms. The van der Waals surface area contributed by atoms with Gasteiger partial charge in [0.15, 0.2) is 0 Å². The van der Waals surface area contributed by atoms with Crippen molar-refractivity contribution in [3.8, 4) is 0 Å². The maximum atomic E-state index is 6.14. The van der Waals surface area contributed by atoms with E-state index in [9.17, 15) is 0 Å². The van der Waals surface area contributed by atoms with E-state index in [1.165, 1.54) is 142 Å². The first-order chi connectivity index (χ1) is 19.4. The molecule has 0 aromatic rings. The molecule has 0 spiro atoms. The molecular weight excluding hydrogens is 510 g/mol. The Morgan fingerprint density at radius 1 is 0.450 bits per heavy atom. The molecule has 0 aliphatic rings. The molecular formula is C34H75N3O2Si. The summed E-state index contributed by atoms with van der Waals surface area (Å²) in [6.45, 7) is 27.5. The largest absolute Gasteiger partial charge is 0.398 e. The molecule has 242 valence electrons. The number of hydrogen-bond donors (Lipinski definition) is 0. The van der Waals surface area contributed by atoms with Gasteiger partial charge >= 0.3 is 8.56 Å². The molecule has 0 rings (SSSR count). The van der Waals surface area contributed by atoms with Gasteiger partial charge in [-0.05, 0) is 160 Å². The lowest BCUT2D eigenvalue weighted by molar-refractivity contribution is 0.145. The van der Waals surface area contributed by atoms with Crippen LogP contribution < -0.4 is 0 Å². The van der Waals surface area contributed by atoms with Gasteiger partial charge < -0.3 is 23.6 Å². The minimum absolute atomic E-state index is 0.392. The Hall–Kier alpha value is 0.0169. The first-order valence-corrected chi connectivity index (χ1v) is 19.9. The van der Waals surface area contributed by atoms with Crippen LogP contribution >= 0.6 is 0 Å². The zero-order valence-electron chi connectivity index (χ0n) is 29.1. The third-order valence-corrected chi connectivity index (χ3v) is 12.7. The van der Waals surface area contributed by atoms with E-state index in [4.69, 9.17) is 8.85 Å². The van der Waals surface area contributed by atoms with Crippen LogP contribution in [-0.4, -0.2) is 96.4 Å². The van der Waals surface area contributed by atoms with Crippen LogP contribution in [0.15, 0.2) is 0 Å². The van der Waals surface area contributed by atoms with Crippen LogP contribution in [0.4, 0.5) is 0 Å². The van der Waals surface area contributed by atoms with Gasteiger partial charge in [-0.2, -0.15) is 0 Å². The molecule has 40 heavy (non-hydrogen) atoms. The monoisotopic (exact) mass is 586 g/mol. The number of nitrogens with zero attached hydrogens (tertiary/aromatic N) is 3. The van der Waals surface area contributed by atoms with Gasteiger partial charge in [0, 0.05) is 14.2 Å². The Balaban J connectivity index is 5.88. The van der Waals surface area contributed by atoms with E-state index < -0.39 is 8.56 Å². The average Bonchev–Trinajstić information content (AvgIpc) is 2.95. The summed E-state index contributed by atoms with van der Waals surface area (Å²) in [5, 5.41) is 0. The van der Waals surface area contributed by atoms with Crippen LogP contribution in [0.1, 0.15) is 132 Å². The summed E-state index contributed by atoms with van der Waals surface area (Å²) in [6.07, 6.45) is 16.8. The molecule has 0 aliphatic carbocycles. The highest BCUT2D eigenvalue weighted by molar-refractivity contribution is 6.67. The predicted octanol–water partition coefficient (Wildman–Crippen LogP) is 8.82. The predicted molar refractivity (Wildman–Crippen MR) is 181 cm³/mol. The van der Waals surface area contributed by atoms with Gasteiger partial charge in [-0.1, -0.05) is 48.5 Å². The fourth-order valence-electron chi connectivity index (χ4n) is 6.90. The first-order valence-electron chi connectivity index (χ1n) is 17.6. The second kappa shape index (κ2) is 25.5. The molecule has 0 bridgehead atoms. The molecule has 0 aromatic heterocycles. The van der Waals surface area contributed by atoms with Crippen LogP contribution in [0.25, 0.3) is 0 Å². The quantitative estimate of drug-likeness (QED) is 0.0785. The van der Waals surface area contributed by atoms with Crippen LogP contribution in [0.5, 0.6) is 0 Å². The molecule has 0 saturated carbocycles. The minimum Gasteiger partial charge on any atom is -0.398 e. The molecule has 0 atom stereocenters. The molecule has 5 nitrogen and oxygen atoms in total. The van der Waals surface area contributed by atoms with Crippen molar-refractivity contribution in [3.63, 3.8) is 0 Å². The Bertz CT molecular complexity index is 466. The smallest absolute Gasteiger partial charge is 0.337 e. The van der Waals surface area contributed by atoms with Crippen LogP contribution in [0.3, 0.4) is 0 Å². The Kier molecular flexibility index (Phi) is 25.5. The standard InChI is InChI=1S/C34H75N3O2Si/c1-10-24-35(25-11-2)30-17-20-34(23-33-40(16-7,38-8)39-9,21-18-31-36(26-12-3)27-13-4)22-19-32-37(28-14-5)29-15-6/h10-33H2,1-9H3. The third kappa shape index (κ3) is 17.2. The Labute approximate surface area is 254 Å². The molecule has 0 saturated heterocycles. The topological polar surface area (TPSA) is 28.2 Å². The van der Waals surface area contributed by atoms with Crippen molar-refractivity contribution in [2.24, 2.45) is 5.41 Å². The Morgan fingerprint density at radius 2 is 0.750 bits per heavy atom. The van der Waals surface area contributed by atoms with E-state index in [2.05, 4.69) is 63.2 Å². The van der Waals surface area contributed by atoms with Crippen molar-refractivity contribution in [1.82, 2.24) is 14.7 Å². The van der Waals surface area contributed by atoms with Gasteiger partial charge in [-0.25, -0.2) is 0 Å². The summed E-state index contributed by atoms with van der Waals surface area (Å²) in [6, 6.07) is 2.17. The van der Waals surface area contributed by atoms with Gasteiger partial charge in [-0.3, -0.25) is 0 Å². The highest BCUT2D eigenvalue weighted by Gasteiger charge is 2.38. The molecule has 0 N–H and O–H groups in total. The molecule has 0 fully saturated rings. The highest BCUT2D eigenvalue weighted by atomic mass is 28.4. The van der Waals surface area contributed by atoms with E-state index in [1.54, 1.807) is 0 Å². The van der Waals surface area contributed by atoms with Crippen molar-refractivity contribution < 1.29 is 8.85 Å². The van der Waals surface area contributed by atoms with Gasteiger partial charge in [0.25, 0.3) is 0 Å². The van der Waals surface area contributed by atoms with Crippen molar-refractivity contribution in [1.29, 1.82) is 0 Å². The second-order valence-electron chi connectivity index (χ2n) is 12.5. The summed E-state index contributed by atoms with van der Waals surface area (Å²) >= 11 is 0. The molecule has 0 heterocycles. The lowest BCUT2D eigenvalue weighted by Crippen LogP contribution is -2.41. The molecule has 0 amide bonds. The molecule has 0 aliphatic heterocycles. The van der Waals surface area contributed by atoms with E-state index in [-0.39, 0.29) is 0 Å². The number of hydrogen-bond acceptors (Lipinski definition) is 5. The van der Waals surface area contributed by atoms with E-state index in [1.807, 2.05) is 14.2 Å². The zero-order valence-corrected chi connectivity index (χ0v) is 30.1. The fraction of sp³-hybridized carbons (Fsp3) is 1.00. The molecule has 0 aromatic carbocycles. The lowest BCUT2D eigenvalue weighted by Gasteiger charge is -2.39. The van der Waals surface area contributed by atoms with Crippen molar-refractivity contribution in [3.05, 3.63) is 0 Å². The number of rotatable bonds is 30. The van der Waals surface area contributed by atoms with Crippen molar-refractivity contribution in [2.45, 2.75) is 144 Å². The molecule has 0 unspecified atom stereocenters. The maximum Gasteiger partial charge on any atom is 0.337 e. The maximum absolute atomic E-state index is 6.14. The highest BCUT2D eigenvalue weighted by Crippen LogP contribution is 2.42. The average molecular weight is 586 g/mol. The minimum atomic E-state index is -2.12. The van der Waals surface area contributed by atoms with Crippen molar-refractivity contribution in [2.75, 3.05) is 73.1 Å². The summed E-state index contributed by atoms with van der Waals surface area (Å²) in [5.41, 5.74) is 0.392. The van der Waals surface area contributed by atoms with E-state index in [0.29, 0.717) is 5.41 Å². The normalized spacial score (nSPS) is 12.9. The van der Waals surface area contributed by atoms with Crippen molar-refractivity contribution >= 4 is 8.56 Å². The van der Waals surface area contributed by atoms with E-state index >= 15 is 0 Å². The Morgan fingerprint density at radius 3 is 0.975 bits per heavy atom. The first kappa shape index (κ1) is 40.0. The van der Waals surface area contributed by atoms with Crippen LogP contribution in [0, 0.1) is 5.41 Å². The zero-order chi connectivity index (χ0) is 30.1. The SMILES string of the molecule is CCCN(CCC)CCCC(CCCN(CCC)CCC)(CCCN(CCC)CCC)CC[Si](CC)(OC)OC.